The van der Waals surface area contributed by atoms with E-state index < -0.39 is 22.5 Å². The molecular weight excluding hydrogens is 544 g/mol. The Morgan fingerprint density at radius 2 is 1.76 bits per heavy atom. The number of nitrogens with zero attached hydrogens (tertiary/aromatic N) is 2. The number of amides is 2. The highest BCUT2D eigenvalue weighted by atomic mass is 32.2. The lowest BCUT2D eigenvalue weighted by Crippen LogP contribution is -2.40. The van der Waals surface area contributed by atoms with Gasteiger partial charge in [-0.3, -0.25) is 13.9 Å². The maximum Gasteiger partial charge on any atom is 0.264 e. The van der Waals surface area contributed by atoms with Crippen LogP contribution in [0.4, 0.5) is 5.69 Å². The second-order valence-corrected chi connectivity index (χ2v) is 11.3. The van der Waals surface area contributed by atoms with Crippen LogP contribution in [0.15, 0.2) is 88.9 Å². The Bertz CT molecular complexity index is 1440. The van der Waals surface area contributed by atoms with Gasteiger partial charge in [-0.15, -0.1) is 0 Å². The lowest BCUT2D eigenvalue weighted by molar-refractivity contribution is -0.123. The van der Waals surface area contributed by atoms with Crippen molar-refractivity contribution in [3.8, 4) is 5.75 Å². The Labute approximate surface area is 240 Å². The number of anilines is 1. The van der Waals surface area contributed by atoms with Crippen LogP contribution in [0.1, 0.15) is 30.9 Å². The summed E-state index contributed by atoms with van der Waals surface area (Å²) in [4.78, 5) is 24.9. The van der Waals surface area contributed by atoms with E-state index in [2.05, 4.69) is 15.8 Å². The van der Waals surface area contributed by atoms with Crippen LogP contribution in [-0.2, 0) is 30.8 Å². The average Bonchev–Trinajstić information content (AvgIpc) is 3.53. The molecule has 1 heterocycles. The van der Waals surface area contributed by atoms with E-state index >= 15 is 0 Å². The van der Waals surface area contributed by atoms with Gasteiger partial charge in [0.15, 0.2) is 6.61 Å². The molecule has 0 saturated carbocycles. The summed E-state index contributed by atoms with van der Waals surface area (Å²) in [5.41, 5.74) is 4.32. The maximum atomic E-state index is 13.5. The molecule has 0 aromatic heterocycles. The third-order valence-electron chi connectivity index (χ3n) is 6.46. The van der Waals surface area contributed by atoms with Gasteiger partial charge in [0.2, 0.25) is 0 Å². The first kappa shape index (κ1) is 29.8. The fraction of sp³-hybridized carbons (Fsp3) is 0.300. The first-order valence-corrected chi connectivity index (χ1v) is 14.9. The summed E-state index contributed by atoms with van der Waals surface area (Å²) < 4.78 is 39.2. The molecule has 41 heavy (non-hydrogen) atoms. The molecule has 3 aromatic carbocycles. The van der Waals surface area contributed by atoms with Gasteiger partial charge >= 0.3 is 0 Å². The van der Waals surface area contributed by atoms with Gasteiger partial charge in [0.05, 0.1) is 22.9 Å². The van der Waals surface area contributed by atoms with Crippen molar-refractivity contribution >= 4 is 33.7 Å². The van der Waals surface area contributed by atoms with Gasteiger partial charge in [0.25, 0.3) is 21.8 Å². The summed E-state index contributed by atoms with van der Waals surface area (Å²) in [5.74, 6) is -0.311. The highest BCUT2D eigenvalue weighted by molar-refractivity contribution is 7.92. The number of aryl methyl sites for hydroxylation is 1. The molecule has 0 unspecified atom stereocenters. The normalized spacial score (nSPS) is 15.0. The molecule has 3 aromatic rings. The van der Waals surface area contributed by atoms with E-state index in [0.29, 0.717) is 30.0 Å². The molecule has 0 radical (unpaired) electrons. The third kappa shape index (κ3) is 8.38. The molecular formula is C30H34N4O6S. The highest BCUT2D eigenvalue weighted by Gasteiger charge is 2.28. The van der Waals surface area contributed by atoms with E-state index in [-0.39, 0.29) is 23.5 Å². The van der Waals surface area contributed by atoms with Crippen molar-refractivity contribution in [2.75, 3.05) is 30.6 Å². The second kappa shape index (κ2) is 14.4. The van der Waals surface area contributed by atoms with Gasteiger partial charge in [-0.1, -0.05) is 43.3 Å². The minimum absolute atomic E-state index is 0.0708. The van der Waals surface area contributed by atoms with Crippen LogP contribution in [0.3, 0.4) is 0 Å². The summed E-state index contributed by atoms with van der Waals surface area (Å²) in [5, 5.41) is 6.79. The summed E-state index contributed by atoms with van der Waals surface area (Å²) >= 11 is 0. The summed E-state index contributed by atoms with van der Waals surface area (Å²) in [6.45, 7) is 2.57. The number of carbonyl (C=O) groups is 2. The molecule has 11 heteroatoms. The van der Waals surface area contributed by atoms with Gasteiger partial charge in [0.1, 0.15) is 12.3 Å². The Hall–Kier alpha value is -4.22. The van der Waals surface area contributed by atoms with Crippen molar-refractivity contribution in [3.63, 3.8) is 0 Å². The van der Waals surface area contributed by atoms with Crippen molar-refractivity contribution < 1.29 is 27.5 Å². The fourth-order valence-electron chi connectivity index (χ4n) is 4.30. The molecule has 0 aliphatic carbocycles. The van der Waals surface area contributed by atoms with Gasteiger partial charge < -0.3 is 14.8 Å². The number of sulfonamides is 1. The van der Waals surface area contributed by atoms with Crippen molar-refractivity contribution in [1.82, 2.24) is 10.7 Å². The van der Waals surface area contributed by atoms with Gasteiger partial charge in [-0.05, 0) is 72.9 Å². The summed E-state index contributed by atoms with van der Waals surface area (Å²) in [7, 11) is -4.01. The average molecular weight is 579 g/mol. The van der Waals surface area contributed by atoms with Crippen LogP contribution < -0.4 is 19.8 Å². The molecule has 1 aliphatic rings. The standard InChI is InChI=1S/C30H34N4O6S/c1-2-24-9-6-7-13-28(24)34(41(37,38)27-11-4-3-5-12-27)21-29(35)33-32-19-23-14-16-25(17-15-23)40-22-30(36)31-20-26-10-8-18-39-26/h3-7,9,11-17,19,26H,2,8,10,18,20-22H2,1H3,(H,31,36)(H,33,35)/b32-19-/t26-/m0/s1. The number of carbonyl (C=O) groups excluding carboxylic acids is 2. The van der Waals surface area contributed by atoms with E-state index in [0.717, 1.165) is 29.3 Å². The first-order chi connectivity index (χ1) is 19.9. The minimum Gasteiger partial charge on any atom is -0.484 e. The lowest BCUT2D eigenvalue weighted by Gasteiger charge is -2.25. The maximum absolute atomic E-state index is 13.5. The zero-order valence-electron chi connectivity index (χ0n) is 22.9. The number of rotatable bonds is 13. The van der Waals surface area contributed by atoms with Crippen LogP contribution in [0, 0.1) is 0 Å². The fourth-order valence-corrected chi connectivity index (χ4v) is 5.78. The summed E-state index contributed by atoms with van der Waals surface area (Å²) in [6, 6.07) is 21.9. The number of ether oxygens (including phenoxy) is 2. The Morgan fingerprint density at radius 3 is 2.46 bits per heavy atom. The molecule has 0 bridgehead atoms. The first-order valence-electron chi connectivity index (χ1n) is 13.5. The van der Waals surface area contributed by atoms with Crippen LogP contribution in [0.5, 0.6) is 5.75 Å². The second-order valence-electron chi connectivity index (χ2n) is 9.40. The number of benzene rings is 3. The van der Waals surface area contributed by atoms with Crippen molar-refractivity contribution in [2.45, 2.75) is 37.2 Å². The van der Waals surface area contributed by atoms with E-state index in [4.69, 9.17) is 9.47 Å². The Balaban J connectivity index is 1.34. The Kier molecular flexibility index (Phi) is 10.5. The van der Waals surface area contributed by atoms with Crippen LogP contribution in [-0.4, -0.2) is 58.9 Å². The summed E-state index contributed by atoms with van der Waals surface area (Å²) in [6.07, 6.45) is 4.06. The van der Waals surface area contributed by atoms with Crippen molar-refractivity contribution in [2.24, 2.45) is 5.10 Å². The zero-order valence-corrected chi connectivity index (χ0v) is 23.7. The number of hydrazone groups is 1. The third-order valence-corrected chi connectivity index (χ3v) is 8.24. The van der Waals surface area contributed by atoms with Gasteiger partial charge in [-0.25, -0.2) is 13.8 Å². The molecule has 1 fully saturated rings. The monoisotopic (exact) mass is 578 g/mol. The lowest BCUT2D eigenvalue weighted by atomic mass is 10.1. The van der Waals surface area contributed by atoms with E-state index in [1.807, 2.05) is 19.1 Å². The molecule has 1 saturated heterocycles. The quantitative estimate of drug-likeness (QED) is 0.237. The topological polar surface area (TPSA) is 126 Å². The molecule has 1 aliphatic heterocycles. The molecule has 2 N–H and O–H groups in total. The zero-order chi connectivity index (χ0) is 29.1. The predicted molar refractivity (Wildman–Crippen MR) is 156 cm³/mol. The van der Waals surface area contributed by atoms with Gasteiger partial charge in [0, 0.05) is 13.2 Å². The van der Waals surface area contributed by atoms with Crippen LogP contribution in [0.25, 0.3) is 0 Å². The van der Waals surface area contributed by atoms with Crippen molar-refractivity contribution in [3.05, 3.63) is 90.0 Å². The molecule has 10 nitrogen and oxygen atoms in total. The van der Waals surface area contributed by atoms with Gasteiger partial charge in [-0.2, -0.15) is 5.10 Å². The van der Waals surface area contributed by atoms with E-state index in [1.54, 1.807) is 54.6 Å². The van der Waals surface area contributed by atoms with Crippen molar-refractivity contribution in [1.29, 1.82) is 0 Å². The predicted octanol–water partition coefficient (Wildman–Crippen LogP) is 3.27. The molecule has 1 atom stereocenters. The highest BCUT2D eigenvalue weighted by Crippen LogP contribution is 2.27. The number of hydrogen-bond acceptors (Lipinski definition) is 7. The van der Waals surface area contributed by atoms with E-state index in [9.17, 15) is 18.0 Å². The Morgan fingerprint density at radius 1 is 1.02 bits per heavy atom. The number of hydrogen-bond donors (Lipinski definition) is 2. The smallest absolute Gasteiger partial charge is 0.264 e. The van der Waals surface area contributed by atoms with E-state index in [1.165, 1.54) is 18.3 Å². The molecule has 0 spiro atoms. The largest absolute Gasteiger partial charge is 0.484 e. The number of para-hydroxylation sites is 1. The minimum atomic E-state index is -4.01. The SMILES string of the molecule is CCc1ccccc1N(CC(=O)N/N=C\c1ccc(OCC(=O)NC[C@@H]2CCCO2)cc1)S(=O)(=O)c1ccccc1. The molecule has 4 rings (SSSR count). The van der Waals surface area contributed by atoms with Crippen LogP contribution in [0.2, 0.25) is 0 Å². The molecule has 216 valence electrons. The number of nitrogens with one attached hydrogen (secondary N) is 2. The van der Waals surface area contributed by atoms with Crippen LogP contribution >= 0.6 is 0 Å². The molecule has 2 amide bonds.